The Bertz CT molecular complexity index is 210. The van der Waals surface area contributed by atoms with Crippen LogP contribution in [0.5, 0.6) is 0 Å². The highest BCUT2D eigenvalue weighted by atomic mass is 16.5. The first-order valence-electron chi connectivity index (χ1n) is 6.13. The van der Waals surface area contributed by atoms with Crippen LogP contribution in [0.25, 0.3) is 0 Å². The van der Waals surface area contributed by atoms with Gasteiger partial charge in [0.2, 0.25) is 0 Å². The first kappa shape index (κ1) is 11.4. The zero-order valence-corrected chi connectivity index (χ0v) is 10.0. The molecule has 0 spiro atoms. The van der Waals surface area contributed by atoms with E-state index in [2.05, 4.69) is 11.8 Å². The fraction of sp³-hybridized carbons (Fsp3) is 1.00. The third-order valence-corrected chi connectivity index (χ3v) is 4.38. The first-order chi connectivity index (χ1) is 7.19. The predicted molar refractivity (Wildman–Crippen MR) is 61.7 cm³/mol. The maximum absolute atomic E-state index is 5.90. The molecule has 0 bridgehead atoms. The van der Waals surface area contributed by atoms with Crippen LogP contribution in [-0.4, -0.2) is 43.8 Å². The summed E-state index contributed by atoms with van der Waals surface area (Å²) in [5.41, 5.74) is 5.96. The summed E-state index contributed by atoms with van der Waals surface area (Å²) >= 11 is 0. The Labute approximate surface area is 93.0 Å². The Balaban J connectivity index is 1.99. The molecular formula is C12H24N2O. The fourth-order valence-electron chi connectivity index (χ4n) is 3.27. The van der Waals surface area contributed by atoms with Crippen molar-refractivity contribution in [3.05, 3.63) is 0 Å². The molecule has 0 aromatic heterocycles. The average Bonchev–Trinajstić information content (AvgIpc) is 2.77. The van der Waals surface area contributed by atoms with E-state index in [0.29, 0.717) is 6.54 Å². The molecule has 2 fully saturated rings. The second-order valence-corrected chi connectivity index (χ2v) is 5.49. The van der Waals surface area contributed by atoms with Gasteiger partial charge in [0.25, 0.3) is 0 Å². The van der Waals surface area contributed by atoms with Crippen molar-refractivity contribution in [1.29, 1.82) is 0 Å². The van der Waals surface area contributed by atoms with Crippen molar-refractivity contribution in [3.8, 4) is 0 Å². The molecule has 2 N–H and O–H groups in total. The van der Waals surface area contributed by atoms with Gasteiger partial charge in [0.05, 0.1) is 12.1 Å². The van der Waals surface area contributed by atoms with E-state index >= 15 is 0 Å². The Morgan fingerprint density at radius 1 is 1.33 bits per heavy atom. The topological polar surface area (TPSA) is 38.5 Å². The Hall–Kier alpha value is -0.120. The monoisotopic (exact) mass is 212 g/mol. The van der Waals surface area contributed by atoms with Crippen LogP contribution in [0.2, 0.25) is 0 Å². The second kappa shape index (κ2) is 4.40. The molecule has 3 atom stereocenters. The number of likely N-dealkylation sites (tertiary alicyclic amines) is 1. The van der Waals surface area contributed by atoms with E-state index in [1.165, 1.54) is 32.4 Å². The van der Waals surface area contributed by atoms with Crippen LogP contribution < -0.4 is 5.73 Å². The zero-order valence-electron chi connectivity index (χ0n) is 10.0. The highest BCUT2D eigenvalue weighted by molar-refractivity contribution is 4.97. The summed E-state index contributed by atoms with van der Waals surface area (Å²) in [7, 11) is 1.77. The van der Waals surface area contributed by atoms with Crippen molar-refractivity contribution < 1.29 is 4.74 Å². The zero-order chi connectivity index (χ0) is 10.9. The Morgan fingerprint density at radius 3 is 2.40 bits per heavy atom. The highest BCUT2D eigenvalue weighted by Crippen LogP contribution is 2.40. The number of ether oxygens (including phenoxy) is 1. The number of fused-ring (bicyclic) bond motifs is 1. The van der Waals surface area contributed by atoms with Crippen LogP contribution >= 0.6 is 0 Å². The largest absolute Gasteiger partial charge is 0.383 e. The molecule has 1 saturated carbocycles. The van der Waals surface area contributed by atoms with Crippen LogP contribution in [0.3, 0.4) is 0 Å². The summed E-state index contributed by atoms with van der Waals surface area (Å²) < 4.78 is 5.31. The molecule has 1 heterocycles. The molecular weight excluding hydrogens is 188 g/mol. The van der Waals surface area contributed by atoms with E-state index in [1.807, 2.05) is 0 Å². The van der Waals surface area contributed by atoms with E-state index in [1.54, 1.807) is 7.11 Å². The molecule has 1 aliphatic heterocycles. The minimum Gasteiger partial charge on any atom is -0.383 e. The van der Waals surface area contributed by atoms with Crippen LogP contribution in [0, 0.1) is 11.8 Å². The Kier molecular flexibility index (Phi) is 3.33. The summed E-state index contributed by atoms with van der Waals surface area (Å²) in [5.74, 6) is 1.88. The molecule has 1 saturated heterocycles. The summed E-state index contributed by atoms with van der Waals surface area (Å²) in [4.78, 5) is 2.56. The minimum atomic E-state index is 0.0547. The SMILES string of the molecule is COCC(C)(CN)N1CC2CCCC2C1. The van der Waals surface area contributed by atoms with Gasteiger partial charge < -0.3 is 10.5 Å². The summed E-state index contributed by atoms with van der Waals surface area (Å²) in [5, 5.41) is 0. The second-order valence-electron chi connectivity index (χ2n) is 5.49. The number of hydrogen-bond acceptors (Lipinski definition) is 3. The van der Waals surface area contributed by atoms with E-state index in [-0.39, 0.29) is 5.54 Å². The molecule has 2 rings (SSSR count). The lowest BCUT2D eigenvalue weighted by atomic mass is 10.0. The molecule has 0 aromatic rings. The van der Waals surface area contributed by atoms with Gasteiger partial charge in [-0.3, -0.25) is 4.90 Å². The molecule has 3 heteroatoms. The van der Waals surface area contributed by atoms with Crippen molar-refractivity contribution in [2.45, 2.75) is 31.7 Å². The molecule has 88 valence electrons. The predicted octanol–water partition coefficient (Wildman–Crippen LogP) is 1.08. The minimum absolute atomic E-state index is 0.0547. The van der Waals surface area contributed by atoms with Gasteiger partial charge in [-0.2, -0.15) is 0 Å². The van der Waals surface area contributed by atoms with Crippen molar-refractivity contribution in [3.63, 3.8) is 0 Å². The lowest BCUT2D eigenvalue weighted by Gasteiger charge is -2.37. The van der Waals surface area contributed by atoms with Gasteiger partial charge in [0.1, 0.15) is 0 Å². The van der Waals surface area contributed by atoms with Crippen molar-refractivity contribution in [2.24, 2.45) is 17.6 Å². The van der Waals surface area contributed by atoms with Gasteiger partial charge in [-0.05, 0) is 31.6 Å². The summed E-state index contributed by atoms with van der Waals surface area (Å²) in [6, 6.07) is 0. The molecule has 0 amide bonds. The van der Waals surface area contributed by atoms with Crippen LogP contribution in [0.15, 0.2) is 0 Å². The number of rotatable bonds is 4. The molecule has 0 aromatic carbocycles. The Morgan fingerprint density at radius 2 is 1.93 bits per heavy atom. The van der Waals surface area contributed by atoms with Crippen LogP contribution in [0.4, 0.5) is 0 Å². The van der Waals surface area contributed by atoms with Crippen molar-refractivity contribution in [1.82, 2.24) is 4.90 Å². The number of methoxy groups -OCH3 is 1. The molecule has 15 heavy (non-hydrogen) atoms. The quantitative estimate of drug-likeness (QED) is 0.758. The highest BCUT2D eigenvalue weighted by Gasteiger charge is 2.42. The van der Waals surface area contributed by atoms with E-state index in [0.717, 1.165) is 18.4 Å². The van der Waals surface area contributed by atoms with Crippen LogP contribution in [-0.2, 0) is 4.74 Å². The van der Waals surface area contributed by atoms with Gasteiger partial charge in [-0.25, -0.2) is 0 Å². The van der Waals surface area contributed by atoms with Gasteiger partial charge in [-0.1, -0.05) is 6.42 Å². The van der Waals surface area contributed by atoms with Gasteiger partial charge >= 0.3 is 0 Å². The average molecular weight is 212 g/mol. The standard InChI is InChI=1S/C12H24N2O/c1-12(8-13,9-15-2)14-6-10-4-3-5-11(10)7-14/h10-11H,3-9,13H2,1-2H3. The van der Waals surface area contributed by atoms with E-state index in [4.69, 9.17) is 10.5 Å². The normalized spacial score (nSPS) is 35.4. The van der Waals surface area contributed by atoms with Crippen molar-refractivity contribution >= 4 is 0 Å². The number of hydrogen-bond donors (Lipinski definition) is 1. The smallest absolute Gasteiger partial charge is 0.0656 e. The summed E-state index contributed by atoms with van der Waals surface area (Å²) in [6.07, 6.45) is 4.29. The fourth-order valence-corrected chi connectivity index (χ4v) is 3.27. The molecule has 3 unspecified atom stereocenters. The lowest BCUT2D eigenvalue weighted by Crippen LogP contribution is -2.54. The molecule has 0 radical (unpaired) electrons. The first-order valence-corrected chi connectivity index (χ1v) is 6.13. The third-order valence-electron chi connectivity index (χ3n) is 4.38. The number of nitrogens with two attached hydrogens (primary N) is 1. The van der Waals surface area contributed by atoms with Crippen LogP contribution in [0.1, 0.15) is 26.2 Å². The van der Waals surface area contributed by atoms with Crippen molar-refractivity contribution in [2.75, 3.05) is 33.4 Å². The maximum Gasteiger partial charge on any atom is 0.0656 e. The third kappa shape index (κ3) is 2.05. The lowest BCUT2D eigenvalue weighted by molar-refractivity contribution is 0.0372. The van der Waals surface area contributed by atoms with E-state index < -0.39 is 0 Å². The van der Waals surface area contributed by atoms with Gasteiger partial charge in [0.15, 0.2) is 0 Å². The number of nitrogens with zero attached hydrogens (tertiary/aromatic N) is 1. The molecule has 3 nitrogen and oxygen atoms in total. The maximum atomic E-state index is 5.90. The van der Waals surface area contributed by atoms with E-state index in [9.17, 15) is 0 Å². The van der Waals surface area contributed by atoms with Gasteiger partial charge in [0, 0.05) is 26.7 Å². The summed E-state index contributed by atoms with van der Waals surface area (Å²) in [6.45, 7) is 6.16. The van der Waals surface area contributed by atoms with Gasteiger partial charge in [-0.15, -0.1) is 0 Å². The molecule has 2 aliphatic rings. The molecule has 1 aliphatic carbocycles.